The van der Waals surface area contributed by atoms with E-state index in [0.717, 1.165) is 10.2 Å². The number of hydrogen-bond acceptors (Lipinski definition) is 5. The zero-order valence-corrected chi connectivity index (χ0v) is 18.8. The molecular formula is C21H21ClN2O4S2. The number of fused-ring (bicyclic) bond motifs is 1. The van der Waals surface area contributed by atoms with Gasteiger partial charge in [-0.15, -0.1) is 6.58 Å². The van der Waals surface area contributed by atoms with E-state index in [-0.39, 0.29) is 29.4 Å². The number of sulfone groups is 1. The minimum Gasteiger partial charge on any atom is -0.497 e. The van der Waals surface area contributed by atoms with Crippen molar-refractivity contribution in [1.29, 1.82) is 0 Å². The summed E-state index contributed by atoms with van der Waals surface area (Å²) in [5, 5.41) is 0.608. The molecule has 6 nitrogen and oxygen atoms in total. The Kier molecular flexibility index (Phi) is 7.12. The fraction of sp³-hybridized carbons (Fsp3) is 0.238. The zero-order valence-electron chi connectivity index (χ0n) is 16.4. The van der Waals surface area contributed by atoms with Gasteiger partial charge in [0.1, 0.15) is 5.75 Å². The van der Waals surface area contributed by atoms with E-state index >= 15 is 0 Å². The molecule has 0 spiro atoms. The number of carbonyl (C=O) groups is 1. The molecule has 0 atom stereocenters. The van der Waals surface area contributed by atoms with Gasteiger partial charge in [-0.1, -0.05) is 29.0 Å². The van der Waals surface area contributed by atoms with Crippen molar-refractivity contribution in [2.45, 2.75) is 24.3 Å². The highest BCUT2D eigenvalue weighted by Gasteiger charge is 2.15. The predicted molar refractivity (Wildman–Crippen MR) is 120 cm³/mol. The fourth-order valence-corrected chi connectivity index (χ4v) is 5.56. The molecule has 0 saturated heterocycles. The van der Waals surface area contributed by atoms with Gasteiger partial charge in [0.25, 0.3) is 0 Å². The molecule has 1 heterocycles. The molecule has 0 radical (unpaired) electrons. The second-order valence-electron chi connectivity index (χ2n) is 6.50. The summed E-state index contributed by atoms with van der Waals surface area (Å²) in [4.78, 5) is 17.3. The van der Waals surface area contributed by atoms with E-state index in [1.54, 1.807) is 24.3 Å². The van der Waals surface area contributed by atoms with Crippen LogP contribution in [0.1, 0.15) is 12.8 Å². The highest BCUT2D eigenvalue weighted by atomic mass is 35.5. The molecule has 158 valence electrons. The molecule has 0 fully saturated rings. The smallest absolute Gasteiger partial charge is 0.248 e. The Bertz CT molecular complexity index is 1240. The molecule has 3 aromatic rings. The summed E-state index contributed by atoms with van der Waals surface area (Å²) in [6, 6.07) is 11.7. The Morgan fingerprint density at radius 2 is 2.00 bits per heavy atom. The van der Waals surface area contributed by atoms with E-state index in [2.05, 4.69) is 11.6 Å². The summed E-state index contributed by atoms with van der Waals surface area (Å²) in [5.41, 5.74) is 0.915. The SMILES string of the molecule is C=CCn1c(=NC(=O)CCCS(=O)(=O)c2ccc(OC)cc2)sc2cc(Cl)ccc21. The zero-order chi connectivity index (χ0) is 21.7. The van der Waals surface area contributed by atoms with E-state index < -0.39 is 9.84 Å². The molecule has 0 unspecified atom stereocenters. The maximum atomic E-state index is 12.5. The normalized spacial score (nSPS) is 12.3. The Morgan fingerprint density at radius 1 is 1.27 bits per heavy atom. The molecule has 0 saturated carbocycles. The lowest BCUT2D eigenvalue weighted by atomic mass is 10.3. The molecule has 0 aliphatic rings. The molecule has 0 aliphatic carbocycles. The van der Waals surface area contributed by atoms with Crippen molar-refractivity contribution < 1.29 is 17.9 Å². The van der Waals surface area contributed by atoms with Gasteiger partial charge in [0.2, 0.25) is 5.91 Å². The number of halogens is 1. The molecule has 1 amide bonds. The highest BCUT2D eigenvalue weighted by Crippen LogP contribution is 2.22. The third kappa shape index (κ3) is 5.19. The Balaban J connectivity index is 1.72. The molecule has 0 N–H and O–H groups in total. The van der Waals surface area contributed by atoms with Crippen LogP contribution in [0.15, 0.2) is 65.0 Å². The molecule has 1 aromatic heterocycles. The van der Waals surface area contributed by atoms with Crippen LogP contribution in [0, 0.1) is 0 Å². The minimum atomic E-state index is -3.48. The number of allylic oxidation sites excluding steroid dienone is 1. The number of amides is 1. The molecule has 30 heavy (non-hydrogen) atoms. The van der Waals surface area contributed by atoms with Crippen molar-refractivity contribution in [1.82, 2.24) is 4.57 Å². The first-order chi connectivity index (χ1) is 14.3. The molecule has 3 rings (SSSR count). The summed E-state index contributed by atoms with van der Waals surface area (Å²) < 4.78 is 32.7. The van der Waals surface area contributed by atoms with Crippen LogP contribution in [0.2, 0.25) is 5.02 Å². The van der Waals surface area contributed by atoms with E-state index in [0.29, 0.717) is 22.1 Å². The summed E-state index contributed by atoms with van der Waals surface area (Å²) in [7, 11) is -1.96. The van der Waals surface area contributed by atoms with Gasteiger partial charge in [-0.05, 0) is 48.9 Å². The lowest BCUT2D eigenvalue weighted by molar-refractivity contribution is -0.118. The summed E-state index contributed by atoms with van der Waals surface area (Å²) in [5.74, 6) is 0.0886. The van der Waals surface area contributed by atoms with Gasteiger partial charge in [0, 0.05) is 18.0 Å². The second kappa shape index (κ2) is 9.59. The first kappa shape index (κ1) is 22.3. The number of carbonyl (C=O) groups excluding carboxylic acids is 1. The van der Waals surface area contributed by atoms with Crippen LogP contribution in [0.4, 0.5) is 0 Å². The van der Waals surface area contributed by atoms with Crippen LogP contribution < -0.4 is 9.54 Å². The first-order valence-corrected chi connectivity index (χ1v) is 12.0. The molecule has 0 aliphatic heterocycles. The number of nitrogens with zero attached hydrogens (tertiary/aromatic N) is 2. The van der Waals surface area contributed by atoms with E-state index in [9.17, 15) is 13.2 Å². The number of methoxy groups -OCH3 is 1. The van der Waals surface area contributed by atoms with Gasteiger partial charge in [0.15, 0.2) is 14.6 Å². The summed E-state index contributed by atoms with van der Waals surface area (Å²) >= 11 is 7.42. The van der Waals surface area contributed by atoms with Crippen molar-refractivity contribution in [2.24, 2.45) is 4.99 Å². The molecule has 2 aromatic carbocycles. The predicted octanol–water partition coefficient (Wildman–Crippen LogP) is 4.23. The summed E-state index contributed by atoms with van der Waals surface area (Å²) in [6.07, 6.45) is 1.96. The van der Waals surface area contributed by atoms with Crippen LogP contribution in [-0.2, 0) is 21.2 Å². The maximum Gasteiger partial charge on any atom is 0.248 e. The van der Waals surface area contributed by atoms with Crippen molar-refractivity contribution in [3.63, 3.8) is 0 Å². The number of benzene rings is 2. The quantitative estimate of drug-likeness (QED) is 0.467. The van der Waals surface area contributed by atoms with Gasteiger partial charge in [0.05, 0.1) is 28.0 Å². The average Bonchev–Trinajstić information content (AvgIpc) is 3.04. The third-order valence-corrected chi connectivity index (χ3v) is 7.49. The monoisotopic (exact) mass is 464 g/mol. The Labute approximate surface area is 184 Å². The fourth-order valence-electron chi connectivity index (χ4n) is 2.91. The van der Waals surface area contributed by atoms with Crippen molar-refractivity contribution in [3.05, 3.63) is 64.9 Å². The molecule has 0 bridgehead atoms. The van der Waals surface area contributed by atoms with Crippen LogP contribution >= 0.6 is 22.9 Å². The van der Waals surface area contributed by atoms with Gasteiger partial charge in [-0.3, -0.25) is 4.79 Å². The number of hydrogen-bond donors (Lipinski definition) is 0. The number of ether oxygens (including phenoxy) is 1. The minimum absolute atomic E-state index is 0.0402. The highest BCUT2D eigenvalue weighted by molar-refractivity contribution is 7.91. The van der Waals surface area contributed by atoms with E-state index in [1.807, 2.05) is 16.7 Å². The van der Waals surface area contributed by atoms with Crippen LogP contribution in [0.25, 0.3) is 10.2 Å². The maximum absolute atomic E-state index is 12.5. The first-order valence-electron chi connectivity index (χ1n) is 9.18. The van der Waals surface area contributed by atoms with Gasteiger partial charge < -0.3 is 9.30 Å². The van der Waals surface area contributed by atoms with Gasteiger partial charge in [-0.25, -0.2) is 8.42 Å². The largest absolute Gasteiger partial charge is 0.497 e. The van der Waals surface area contributed by atoms with E-state index in [4.69, 9.17) is 16.3 Å². The number of rotatable bonds is 8. The van der Waals surface area contributed by atoms with E-state index in [1.165, 1.54) is 30.6 Å². The van der Waals surface area contributed by atoms with Crippen molar-refractivity contribution in [2.75, 3.05) is 12.9 Å². The summed E-state index contributed by atoms with van der Waals surface area (Å²) in [6.45, 7) is 4.25. The second-order valence-corrected chi connectivity index (χ2v) is 10.1. The lowest BCUT2D eigenvalue weighted by Crippen LogP contribution is -2.16. The van der Waals surface area contributed by atoms with Crippen LogP contribution in [-0.4, -0.2) is 31.8 Å². The van der Waals surface area contributed by atoms with Crippen LogP contribution in [0.5, 0.6) is 5.75 Å². The topological polar surface area (TPSA) is 77.7 Å². The van der Waals surface area contributed by atoms with Crippen molar-refractivity contribution in [3.8, 4) is 5.75 Å². The van der Waals surface area contributed by atoms with Gasteiger partial charge in [-0.2, -0.15) is 4.99 Å². The lowest BCUT2D eigenvalue weighted by Gasteiger charge is -2.05. The molecule has 9 heteroatoms. The average molecular weight is 465 g/mol. The van der Waals surface area contributed by atoms with Gasteiger partial charge >= 0.3 is 0 Å². The van der Waals surface area contributed by atoms with Crippen LogP contribution in [0.3, 0.4) is 0 Å². The molecular weight excluding hydrogens is 444 g/mol. The Hall–Kier alpha value is -2.42. The number of thiazole rings is 1. The van der Waals surface area contributed by atoms with Crippen molar-refractivity contribution >= 4 is 48.9 Å². The third-order valence-electron chi connectivity index (χ3n) is 4.40. The Morgan fingerprint density at radius 3 is 2.67 bits per heavy atom. The number of aromatic nitrogens is 1. The standard InChI is InChI=1S/C21H21ClN2O4S2/c1-3-12-24-18-11-6-15(22)14-19(18)29-21(24)23-20(25)5-4-13-30(26,27)17-9-7-16(28-2)8-10-17/h3,6-11,14H,1,4-5,12-13H2,2H3.